The molecule has 0 aliphatic rings. The van der Waals surface area contributed by atoms with Gasteiger partial charge in [0.1, 0.15) is 17.7 Å². The summed E-state index contributed by atoms with van der Waals surface area (Å²) in [5.41, 5.74) is 0.925. The van der Waals surface area contributed by atoms with E-state index in [1.165, 1.54) is 17.8 Å². The van der Waals surface area contributed by atoms with E-state index in [1.807, 2.05) is 24.3 Å². The van der Waals surface area contributed by atoms with Crippen molar-refractivity contribution in [2.75, 3.05) is 0 Å². The Kier molecular flexibility index (Phi) is 5.73. The molecule has 0 amide bonds. The van der Waals surface area contributed by atoms with Crippen LogP contribution in [-0.4, -0.2) is 9.97 Å². The summed E-state index contributed by atoms with van der Waals surface area (Å²) in [6.45, 7) is 0. The standard InChI is InChI=1S/C16H9ClN4S/c17-14-5-3-13(4-6-14)15(7-2-12(10-18)11-19)22-16-20-8-1-9-21-16/h1-9H/b15-7-. The molecule has 4 nitrogen and oxygen atoms in total. The van der Waals surface area contributed by atoms with Gasteiger partial charge in [-0.05, 0) is 47.7 Å². The second-order valence-electron chi connectivity index (χ2n) is 3.98. The molecule has 0 saturated heterocycles. The molecule has 0 unspecified atom stereocenters. The zero-order valence-electron chi connectivity index (χ0n) is 11.3. The third-order valence-corrected chi connectivity index (χ3v) is 3.75. The Bertz CT molecular complexity index is 768. The van der Waals surface area contributed by atoms with Crippen molar-refractivity contribution in [3.63, 3.8) is 0 Å². The average molecular weight is 325 g/mol. The highest BCUT2D eigenvalue weighted by Crippen LogP contribution is 2.32. The van der Waals surface area contributed by atoms with Crippen molar-refractivity contribution in [3.05, 3.63) is 71.0 Å². The van der Waals surface area contributed by atoms with Crippen LogP contribution in [0, 0.1) is 22.7 Å². The first-order chi connectivity index (χ1) is 10.7. The highest BCUT2D eigenvalue weighted by Gasteiger charge is 2.06. The van der Waals surface area contributed by atoms with Crippen molar-refractivity contribution < 1.29 is 0 Å². The van der Waals surface area contributed by atoms with Crippen LogP contribution in [0.1, 0.15) is 5.56 Å². The monoisotopic (exact) mass is 324 g/mol. The fourth-order valence-corrected chi connectivity index (χ4v) is 2.44. The van der Waals surface area contributed by atoms with E-state index >= 15 is 0 Å². The fourth-order valence-electron chi connectivity index (χ4n) is 1.50. The lowest BCUT2D eigenvalue weighted by Crippen LogP contribution is -1.86. The molecule has 1 heterocycles. The Balaban J connectivity index is 2.39. The molecular formula is C16H9ClN4S. The lowest BCUT2D eigenvalue weighted by Gasteiger charge is -2.05. The predicted octanol–water partition coefficient (Wildman–Crippen LogP) is 4.24. The molecule has 0 radical (unpaired) electrons. The minimum absolute atomic E-state index is 0.0287. The van der Waals surface area contributed by atoms with Gasteiger partial charge in [0.2, 0.25) is 0 Å². The first-order valence-electron chi connectivity index (χ1n) is 6.16. The summed E-state index contributed by atoms with van der Waals surface area (Å²) >= 11 is 7.24. The number of hydrogen-bond acceptors (Lipinski definition) is 5. The summed E-state index contributed by atoms with van der Waals surface area (Å²) in [5.74, 6) is 0. The lowest BCUT2D eigenvalue weighted by atomic mass is 10.2. The lowest BCUT2D eigenvalue weighted by molar-refractivity contribution is 0.972. The van der Waals surface area contributed by atoms with Crippen LogP contribution in [0.2, 0.25) is 5.02 Å². The molecule has 0 aliphatic carbocycles. The van der Waals surface area contributed by atoms with Gasteiger partial charge in [-0.1, -0.05) is 23.7 Å². The third kappa shape index (κ3) is 4.46. The molecule has 22 heavy (non-hydrogen) atoms. The van der Waals surface area contributed by atoms with E-state index in [1.54, 1.807) is 36.7 Å². The Morgan fingerprint density at radius 2 is 1.68 bits per heavy atom. The van der Waals surface area contributed by atoms with Crippen molar-refractivity contribution in [2.24, 2.45) is 0 Å². The van der Waals surface area contributed by atoms with E-state index in [9.17, 15) is 0 Å². The van der Waals surface area contributed by atoms with E-state index in [-0.39, 0.29) is 5.57 Å². The molecule has 0 fully saturated rings. The number of allylic oxidation sites excluding steroid dienone is 3. The van der Waals surface area contributed by atoms with Crippen molar-refractivity contribution >= 4 is 28.3 Å². The van der Waals surface area contributed by atoms with Gasteiger partial charge in [0.25, 0.3) is 0 Å². The van der Waals surface area contributed by atoms with Crippen molar-refractivity contribution in [1.82, 2.24) is 9.97 Å². The minimum atomic E-state index is 0.0287. The SMILES string of the molecule is N#CC(C#N)=C/C=C(\Sc1ncccn1)c1ccc(Cl)cc1. The highest BCUT2D eigenvalue weighted by molar-refractivity contribution is 8.08. The summed E-state index contributed by atoms with van der Waals surface area (Å²) in [4.78, 5) is 9.14. The number of nitrogens with zero attached hydrogens (tertiary/aromatic N) is 4. The highest BCUT2D eigenvalue weighted by atomic mass is 35.5. The van der Waals surface area contributed by atoms with Crippen LogP contribution in [-0.2, 0) is 0 Å². The first-order valence-corrected chi connectivity index (χ1v) is 7.35. The summed E-state index contributed by atoms with van der Waals surface area (Å²) < 4.78 is 0. The van der Waals surface area contributed by atoms with Gasteiger partial charge in [-0.15, -0.1) is 0 Å². The molecule has 2 rings (SSSR count). The molecule has 1 aromatic heterocycles. The van der Waals surface area contributed by atoms with Gasteiger partial charge in [-0.25, -0.2) is 9.97 Å². The molecule has 0 N–H and O–H groups in total. The molecular weight excluding hydrogens is 316 g/mol. The van der Waals surface area contributed by atoms with Gasteiger partial charge < -0.3 is 0 Å². The second-order valence-corrected chi connectivity index (χ2v) is 5.42. The molecule has 1 aromatic carbocycles. The van der Waals surface area contributed by atoms with Gasteiger partial charge in [0.15, 0.2) is 5.16 Å². The largest absolute Gasteiger partial charge is 0.231 e. The van der Waals surface area contributed by atoms with Crippen LogP contribution >= 0.6 is 23.4 Å². The van der Waals surface area contributed by atoms with Crippen LogP contribution in [0.5, 0.6) is 0 Å². The zero-order chi connectivity index (χ0) is 15.8. The molecule has 2 aromatic rings. The van der Waals surface area contributed by atoms with Crippen LogP contribution < -0.4 is 0 Å². The zero-order valence-corrected chi connectivity index (χ0v) is 12.8. The normalized spacial score (nSPS) is 10.4. The number of rotatable bonds is 4. The van der Waals surface area contributed by atoms with Crippen LogP contribution in [0.15, 0.2) is 65.6 Å². The fraction of sp³-hybridized carbons (Fsp3) is 0. The number of nitriles is 2. The molecule has 0 bridgehead atoms. The van der Waals surface area contributed by atoms with E-state index in [0.29, 0.717) is 10.2 Å². The maximum atomic E-state index is 8.82. The second kappa shape index (κ2) is 7.99. The van der Waals surface area contributed by atoms with Crippen molar-refractivity contribution in [2.45, 2.75) is 5.16 Å². The Hall–Kier alpha value is -2.60. The number of thioether (sulfide) groups is 1. The third-order valence-electron chi connectivity index (χ3n) is 2.51. The summed E-state index contributed by atoms with van der Waals surface area (Å²) in [7, 11) is 0. The summed E-state index contributed by atoms with van der Waals surface area (Å²) in [5, 5.41) is 18.8. The van der Waals surface area contributed by atoms with Gasteiger partial charge in [-0.3, -0.25) is 0 Å². The quantitative estimate of drug-likeness (QED) is 0.364. The minimum Gasteiger partial charge on any atom is -0.231 e. The summed E-state index contributed by atoms with van der Waals surface area (Å²) in [6.07, 6.45) is 6.48. The average Bonchev–Trinajstić information content (AvgIpc) is 2.56. The Morgan fingerprint density at radius 3 is 2.27 bits per heavy atom. The van der Waals surface area contributed by atoms with Crippen LogP contribution in [0.3, 0.4) is 0 Å². The van der Waals surface area contributed by atoms with Gasteiger partial charge in [0, 0.05) is 22.3 Å². The van der Waals surface area contributed by atoms with Gasteiger partial charge >= 0.3 is 0 Å². The van der Waals surface area contributed by atoms with E-state index in [0.717, 1.165) is 10.5 Å². The molecule has 6 heteroatoms. The van der Waals surface area contributed by atoms with E-state index < -0.39 is 0 Å². The Labute approximate surface area is 137 Å². The van der Waals surface area contributed by atoms with Gasteiger partial charge in [0.05, 0.1) is 0 Å². The van der Waals surface area contributed by atoms with Crippen molar-refractivity contribution in [1.29, 1.82) is 10.5 Å². The Morgan fingerprint density at radius 1 is 1.05 bits per heavy atom. The molecule has 106 valence electrons. The van der Waals surface area contributed by atoms with E-state index in [2.05, 4.69) is 9.97 Å². The molecule has 0 aliphatic heterocycles. The predicted molar refractivity (Wildman–Crippen MR) is 86.6 cm³/mol. The number of aromatic nitrogens is 2. The molecule has 0 atom stereocenters. The summed E-state index contributed by atoms with van der Waals surface area (Å²) in [6, 6.07) is 12.6. The van der Waals surface area contributed by atoms with Gasteiger partial charge in [-0.2, -0.15) is 10.5 Å². The smallest absolute Gasteiger partial charge is 0.192 e. The maximum Gasteiger partial charge on any atom is 0.192 e. The number of benzene rings is 1. The van der Waals surface area contributed by atoms with Crippen LogP contribution in [0.25, 0.3) is 4.91 Å². The maximum absolute atomic E-state index is 8.82. The number of hydrogen-bond donors (Lipinski definition) is 0. The van der Waals surface area contributed by atoms with Crippen LogP contribution in [0.4, 0.5) is 0 Å². The topological polar surface area (TPSA) is 73.4 Å². The van der Waals surface area contributed by atoms with E-state index in [4.69, 9.17) is 22.1 Å². The van der Waals surface area contributed by atoms with Crippen molar-refractivity contribution in [3.8, 4) is 12.1 Å². The molecule has 0 saturated carbocycles. The number of halogens is 1. The molecule has 0 spiro atoms. The first kappa shape index (κ1) is 15.8.